The summed E-state index contributed by atoms with van der Waals surface area (Å²) in [6.07, 6.45) is -17.8. The molecule has 0 unspecified atom stereocenters. The quantitative estimate of drug-likeness (QED) is 0.110. The van der Waals surface area contributed by atoms with E-state index in [1.165, 1.54) is 0 Å². The zero-order chi connectivity index (χ0) is 19.2. The summed E-state index contributed by atoms with van der Waals surface area (Å²) >= 11 is 0. The fourth-order valence-electron chi connectivity index (χ4n) is 1.44. The SMILES string of the molecule is C[C@@H](O)[C@@H](O)[C@H](O)[C@@H](O)C(=O)OC(=O)[C@@H](O)[C@@H](O)[C@H](O)[C@@H](O)C=O. The van der Waals surface area contributed by atoms with Crippen molar-refractivity contribution in [3.05, 3.63) is 0 Å². The average Bonchev–Trinajstić information content (AvgIpc) is 2.56. The topological polar surface area (TPSA) is 222 Å². The standard InChI is InChI=1S/C12H20O12/c1-3(14)5(16)7(18)9(20)11(22)24-12(23)10(21)8(19)6(17)4(15)2-13/h2-10,14-21H,1H3/t3-,4+,5-,6-,7+,8+,9-,10+/m1/s1. The summed E-state index contributed by atoms with van der Waals surface area (Å²) in [4.78, 5) is 33.0. The van der Waals surface area contributed by atoms with Gasteiger partial charge in [-0.05, 0) is 6.92 Å². The van der Waals surface area contributed by atoms with Gasteiger partial charge in [0.2, 0.25) is 0 Å². The van der Waals surface area contributed by atoms with E-state index in [1.807, 2.05) is 0 Å². The molecule has 140 valence electrons. The van der Waals surface area contributed by atoms with Crippen LogP contribution in [-0.2, 0) is 19.1 Å². The van der Waals surface area contributed by atoms with Crippen molar-refractivity contribution >= 4 is 18.2 Å². The fraction of sp³-hybridized carbons (Fsp3) is 0.750. The highest BCUT2D eigenvalue weighted by Crippen LogP contribution is 2.09. The molecule has 8 atom stereocenters. The van der Waals surface area contributed by atoms with Crippen molar-refractivity contribution in [2.24, 2.45) is 0 Å². The molecule has 24 heavy (non-hydrogen) atoms. The third kappa shape index (κ3) is 5.85. The number of aliphatic hydroxyl groups excluding tert-OH is 8. The second-order valence-corrected chi connectivity index (χ2v) is 4.96. The van der Waals surface area contributed by atoms with Gasteiger partial charge in [-0.2, -0.15) is 0 Å². The number of ether oxygens (including phenoxy) is 1. The number of carbonyl (C=O) groups excluding carboxylic acids is 3. The normalized spacial score (nSPS) is 21.5. The van der Waals surface area contributed by atoms with Gasteiger partial charge in [-0.3, -0.25) is 0 Å². The van der Waals surface area contributed by atoms with Crippen molar-refractivity contribution in [3.8, 4) is 0 Å². The molecule has 0 fully saturated rings. The number of esters is 2. The molecule has 12 nitrogen and oxygen atoms in total. The number of aldehydes is 1. The van der Waals surface area contributed by atoms with Crippen LogP contribution in [-0.4, -0.2) is 108 Å². The molecule has 0 saturated heterocycles. The van der Waals surface area contributed by atoms with Gasteiger partial charge in [-0.1, -0.05) is 0 Å². The van der Waals surface area contributed by atoms with Gasteiger partial charge < -0.3 is 50.4 Å². The first-order valence-corrected chi connectivity index (χ1v) is 6.61. The molecule has 0 aromatic rings. The Morgan fingerprint density at radius 3 is 1.46 bits per heavy atom. The maximum Gasteiger partial charge on any atom is 0.345 e. The van der Waals surface area contributed by atoms with Crippen molar-refractivity contribution < 1.29 is 60.0 Å². The van der Waals surface area contributed by atoms with Crippen molar-refractivity contribution in [1.82, 2.24) is 0 Å². The Labute approximate surface area is 135 Å². The Kier molecular flexibility index (Phi) is 9.09. The molecule has 0 rings (SSSR count). The molecule has 0 aromatic heterocycles. The van der Waals surface area contributed by atoms with Crippen LogP contribution in [0.5, 0.6) is 0 Å². The van der Waals surface area contributed by atoms with E-state index < -0.39 is 60.8 Å². The lowest BCUT2D eigenvalue weighted by molar-refractivity contribution is -0.186. The van der Waals surface area contributed by atoms with E-state index in [2.05, 4.69) is 4.74 Å². The predicted octanol–water partition coefficient (Wildman–Crippen LogP) is -5.84. The molecule has 0 radical (unpaired) electrons. The van der Waals surface area contributed by atoms with Gasteiger partial charge in [0.25, 0.3) is 0 Å². The highest BCUT2D eigenvalue weighted by molar-refractivity contribution is 5.90. The zero-order valence-corrected chi connectivity index (χ0v) is 12.4. The number of aliphatic hydroxyl groups is 8. The maximum absolute atomic E-state index is 11.4. The van der Waals surface area contributed by atoms with E-state index in [0.29, 0.717) is 0 Å². The second-order valence-electron chi connectivity index (χ2n) is 4.96. The summed E-state index contributed by atoms with van der Waals surface area (Å²) in [6, 6.07) is 0. The van der Waals surface area contributed by atoms with Crippen LogP contribution in [0.3, 0.4) is 0 Å². The molecule has 0 aliphatic carbocycles. The van der Waals surface area contributed by atoms with E-state index in [0.717, 1.165) is 6.92 Å². The van der Waals surface area contributed by atoms with E-state index in [1.54, 1.807) is 0 Å². The van der Waals surface area contributed by atoms with Gasteiger partial charge in [0.15, 0.2) is 18.5 Å². The first-order valence-electron chi connectivity index (χ1n) is 6.61. The Bertz CT molecular complexity index is 438. The van der Waals surface area contributed by atoms with Gasteiger partial charge >= 0.3 is 11.9 Å². The third-order valence-corrected chi connectivity index (χ3v) is 3.01. The van der Waals surface area contributed by atoms with Gasteiger partial charge in [0, 0.05) is 0 Å². The van der Waals surface area contributed by atoms with Crippen LogP contribution in [0, 0.1) is 0 Å². The fourth-order valence-corrected chi connectivity index (χ4v) is 1.44. The summed E-state index contributed by atoms with van der Waals surface area (Å²) in [5, 5.41) is 74.0. The van der Waals surface area contributed by atoms with Crippen LogP contribution in [0.25, 0.3) is 0 Å². The largest absolute Gasteiger partial charge is 0.391 e. The highest BCUT2D eigenvalue weighted by atomic mass is 16.6. The van der Waals surface area contributed by atoms with Crippen molar-refractivity contribution in [2.75, 3.05) is 0 Å². The molecular formula is C12H20O12. The highest BCUT2D eigenvalue weighted by Gasteiger charge is 2.39. The van der Waals surface area contributed by atoms with E-state index in [4.69, 9.17) is 10.2 Å². The van der Waals surface area contributed by atoms with Crippen LogP contribution >= 0.6 is 0 Å². The predicted molar refractivity (Wildman–Crippen MR) is 70.9 cm³/mol. The van der Waals surface area contributed by atoms with Crippen molar-refractivity contribution in [3.63, 3.8) is 0 Å². The van der Waals surface area contributed by atoms with Crippen LogP contribution in [0.15, 0.2) is 0 Å². The smallest absolute Gasteiger partial charge is 0.345 e. The second kappa shape index (κ2) is 9.71. The van der Waals surface area contributed by atoms with Gasteiger partial charge in [-0.25, -0.2) is 9.59 Å². The Morgan fingerprint density at radius 1 is 0.750 bits per heavy atom. The zero-order valence-electron chi connectivity index (χ0n) is 12.4. The molecule has 0 saturated carbocycles. The molecule has 0 amide bonds. The van der Waals surface area contributed by atoms with Crippen LogP contribution in [0.1, 0.15) is 6.92 Å². The minimum atomic E-state index is -2.58. The van der Waals surface area contributed by atoms with Gasteiger partial charge in [0.05, 0.1) is 6.10 Å². The monoisotopic (exact) mass is 356 g/mol. The summed E-state index contributed by atoms with van der Waals surface area (Å²) in [6.45, 7) is 1.04. The molecular weight excluding hydrogens is 336 g/mol. The Hall–Kier alpha value is -1.51. The lowest BCUT2D eigenvalue weighted by Crippen LogP contribution is -2.51. The minimum Gasteiger partial charge on any atom is -0.391 e. The molecule has 8 N–H and O–H groups in total. The Morgan fingerprint density at radius 2 is 1.12 bits per heavy atom. The number of hydrogen-bond donors (Lipinski definition) is 8. The summed E-state index contributed by atoms with van der Waals surface area (Å²) in [7, 11) is 0. The van der Waals surface area contributed by atoms with Crippen LogP contribution < -0.4 is 0 Å². The number of hydrogen-bond acceptors (Lipinski definition) is 12. The van der Waals surface area contributed by atoms with E-state index in [9.17, 15) is 45.0 Å². The first kappa shape index (κ1) is 22.5. The molecule has 12 heteroatoms. The molecule has 0 aliphatic heterocycles. The van der Waals surface area contributed by atoms with E-state index in [-0.39, 0.29) is 6.29 Å². The lowest BCUT2D eigenvalue weighted by Gasteiger charge is -2.25. The number of rotatable bonds is 9. The van der Waals surface area contributed by atoms with E-state index >= 15 is 0 Å². The summed E-state index contributed by atoms with van der Waals surface area (Å²) in [5.74, 6) is -3.70. The van der Waals surface area contributed by atoms with Crippen LogP contribution in [0.4, 0.5) is 0 Å². The number of carbonyl (C=O) groups is 3. The average molecular weight is 356 g/mol. The summed E-state index contributed by atoms with van der Waals surface area (Å²) < 4.78 is 3.94. The Balaban J connectivity index is 4.80. The van der Waals surface area contributed by atoms with Crippen LogP contribution in [0.2, 0.25) is 0 Å². The lowest BCUT2D eigenvalue weighted by atomic mass is 10.0. The molecule has 0 aromatic carbocycles. The van der Waals surface area contributed by atoms with Gasteiger partial charge in [0.1, 0.15) is 30.5 Å². The molecule has 0 heterocycles. The first-order chi connectivity index (χ1) is 10.9. The summed E-state index contributed by atoms with van der Waals surface area (Å²) in [5.41, 5.74) is 0. The molecule has 0 spiro atoms. The van der Waals surface area contributed by atoms with Crippen molar-refractivity contribution in [1.29, 1.82) is 0 Å². The maximum atomic E-state index is 11.4. The minimum absolute atomic E-state index is 0.186. The third-order valence-electron chi connectivity index (χ3n) is 3.01. The molecule has 0 aliphatic rings. The van der Waals surface area contributed by atoms with Gasteiger partial charge in [-0.15, -0.1) is 0 Å². The van der Waals surface area contributed by atoms with Crippen molar-refractivity contribution in [2.45, 2.75) is 55.8 Å². The molecule has 0 bridgehead atoms.